The van der Waals surface area contributed by atoms with Gasteiger partial charge in [0.15, 0.2) is 0 Å². The van der Waals surface area contributed by atoms with Crippen LogP contribution < -0.4 is 5.32 Å². The smallest absolute Gasteiger partial charge is 0.282 e. The van der Waals surface area contributed by atoms with Crippen LogP contribution in [0.5, 0.6) is 0 Å². The molecule has 2 aliphatic rings. The fourth-order valence-corrected chi connectivity index (χ4v) is 5.03. The molecule has 0 bridgehead atoms. The van der Waals surface area contributed by atoms with E-state index in [1.54, 1.807) is 14.8 Å². The molecule has 1 aromatic heterocycles. The van der Waals surface area contributed by atoms with Gasteiger partial charge >= 0.3 is 0 Å². The van der Waals surface area contributed by atoms with Crippen molar-refractivity contribution in [2.24, 2.45) is 13.0 Å². The molecule has 7 nitrogen and oxygen atoms in total. The van der Waals surface area contributed by atoms with E-state index < -0.39 is 10.2 Å². The zero-order chi connectivity index (χ0) is 15.7. The van der Waals surface area contributed by atoms with Gasteiger partial charge in [0.25, 0.3) is 10.2 Å². The molecule has 1 unspecified atom stereocenters. The van der Waals surface area contributed by atoms with Gasteiger partial charge in [-0.2, -0.15) is 17.0 Å². The molecule has 1 atom stereocenters. The van der Waals surface area contributed by atoms with Crippen LogP contribution in [-0.4, -0.2) is 59.3 Å². The average molecular weight is 364 g/mol. The highest BCUT2D eigenvalue weighted by Crippen LogP contribution is 2.28. The molecule has 0 aromatic carbocycles. The van der Waals surface area contributed by atoms with E-state index in [0.717, 1.165) is 18.7 Å². The zero-order valence-electron chi connectivity index (χ0n) is 13.7. The maximum Gasteiger partial charge on any atom is 0.282 e. The van der Waals surface area contributed by atoms with E-state index >= 15 is 0 Å². The number of piperazine rings is 1. The molecule has 9 heteroatoms. The number of hydrogen-bond donors (Lipinski definition) is 1. The van der Waals surface area contributed by atoms with Gasteiger partial charge in [0.1, 0.15) is 5.82 Å². The van der Waals surface area contributed by atoms with Crippen LogP contribution in [0, 0.1) is 5.92 Å². The predicted molar refractivity (Wildman–Crippen MR) is 91.7 cm³/mol. The Labute approximate surface area is 144 Å². The molecule has 1 N–H and O–H groups in total. The van der Waals surface area contributed by atoms with Crippen LogP contribution >= 0.6 is 12.4 Å². The van der Waals surface area contributed by atoms with Crippen LogP contribution in [0.1, 0.15) is 31.6 Å². The van der Waals surface area contributed by atoms with Crippen molar-refractivity contribution in [2.45, 2.75) is 25.8 Å². The Kier molecular flexibility index (Phi) is 6.07. The van der Waals surface area contributed by atoms with Crippen molar-refractivity contribution in [1.82, 2.24) is 23.5 Å². The summed E-state index contributed by atoms with van der Waals surface area (Å²) >= 11 is 0. The number of rotatable bonds is 3. The second-order valence-corrected chi connectivity index (χ2v) is 8.20. The van der Waals surface area contributed by atoms with Crippen molar-refractivity contribution in [3.8, 4) is 0 Å². The molecule has 2 saturated heterocycles. The molecule has 2 aliphatic heterocycles. The number of nitrogens with one attached hydrogen (secondary N) is 1. The molecule has 0 saturated carbocycles. The summed E-state index contributed by atoms with van der Waals surface area (Å²) < 4.78 is 31.3. The van der Waals surface area contributed by atoms with Crippen LogP contribution in [0.3, 0.4) is 0 Å². The van der Waals surface area contributed by atoms with Crippen LogP contribution in [0.2, 0.25) is 0 Å². The first-order valence-electron chi connectivity index (χ1n) is 7.95. The molecule has 3 heterocycles. The number of imidazole rings is 1. The molecule has 1 aromatic rings. The van der Waals surface area contributed by atoms with Gasteiger partial charge < -0.3 is 9.88 Å². The van der Waals surface area contributed by atoms with Gasteiger partial charge in [-0.15, -0.1) is 12.4 Å². The lowest BCUT2D eigenvalue weighted by atomic mass is 10.0. The van der Waals surface area contributed by atoms with Crippen LogP contribution in [0.4, 0.5) is 0 Å². The summed E-state index contributed by atoms with van der Waals surface area (Å²) in [5, 5.41) is 3.28. The molecule has 3 rings (SSSR count). The van der Waals surface area contributed by atoms with Gasteiger partial charge in [0.05, 0.1) is 6.04 Å². The Morgan fingerprint density at radius 3 is 2.57 bits per heavy atom. The third-order valence-corrected chi connectivity index (χ3v) is 6.76. The fourth-order valence-electron chi connectivity index (χ4n) is 3.24. The minimum Gasteiger partial charge on any atom is -0.337 e. The van der Waals surface area contributed by atoms with Gasteiger partial charge in [-0.25, -0.2) is 4.98 Å². The van der Waals surface area contributed by atoms with Gasteiger partial charge in [-0.05, 0) is 18.8 Å². The average Bonchev–Trinajstić information content (AvgIpc) is 2.94. The van der Waals surface area contributed by atoms with E-state index in [4.69, 9.17) is 0 Å². The Bertz CT molecular complexity index is 612. The lowest BCUT2D eigenvalue weighted by Gasteiger charge is -2.39. The van der Waals surface area contributed by atoms with E-state index in [0.29, 0.717) is 38.6 Å². The maximum absolute atomic E-state index is 13.1. The molecular formula is C14H26ClN5O2S. The summed E-state index contributed by atoms with van der Waals surface area (Å²) in [6.45, 7) is 5.22. The molecule has 0 spiro atoms. The van der Waals surface area contributed by atoms with Crippen LogP contribution in [0.15, 0.2) is 12.4 Å². The van der Waals surface area contributed by atoms with E-state index in [1.807, 2.05) is 17.8 Å². The Balaban J connectivity index is 0.00000192. The first-order valence-corrected chi connectivity index (χ1v) is 9.34. The zero-order valence-corrected chi connectivity index (χ0v) is 15.3. The third-order valence-electron chi connectivity index (χ3n) is 4.72. The van der Waals surface area contributed by atoms with Crippen LogP contribution in [0.25, 0.3) is 0 Å². The number of nitrogens with zero attached hydrogens (tertiary/aromatic N) is 4. The summed E-state index contributed by atoms with van der Waals surface area (Å²) in [6.07, 6.45) is 5.46. The Morgan fingerprint density at radius 2 is 1.96 bits per heavy atom. The van der Waals surface area contributed by atoms with E-state index in [-0.39, 0.29) is 18.4 Å². The highest BCUT2D eigenvalue weighted by Gasteiger charge is 2.39. The molecule has 0 aliphatic carbocycles. The minimum absolute atomic E-state index is 0. The van der Waals surface area contributed by atoms with Crippen molar-refractivity contribution in [2.75, 3.05) is 32.7 Å². The first-order chi connectivity index (χ1) is 10.5. The summed E-state index contributed by atoms with van der Waals surface area (Å²) in [4.78, 5) is 4.36. The highest BCUT2D eigenvalue weighted by molar-refractivity contribution is 7.86. The lowest BCUT2D eigenvalue weighted by Crippen LogP contribution is -2.55. The van der Waals surface area contributed by atoms with Crippen LogP contribution in [-0.2, 0) is 17.3 Å². The number of aryl methyl sites for hydroxylation is 1. The quantitative estimate of drug-likeness (QED) is 0.861. The molecule has 2 fully saturated rings. The number of piperidine rings is 1. The lowest BCUT2D eigenvalue weighted by molar-refractivity contribution is 0.217. The first kappa shape index (κ1) is 18.7. The molecule has 0 radical (unpaired) electrons. The third kappa shape index (κ3) is 3.71. The van der Waals surface area contributed by atoms with E-state index in [1.165, 1.54) is 0 Å². The minimum atomic E-state index is -3.43. The van der Waals surface area contributed by atoms with Gasteiger partial charge in [0.2, 0.25) is 0 Å². The maximum atomic E-state index is 13.1. The normalized spacial score (nSPS) is 25.2. The fraction of sp³-hybridized carbons (Fsp3) is 0.786. The van der Waals surface area contributed by atoms with Gasteiger partial charge in [-0.1, -0.05) is 6.92 Å². The van der Waals surface area contributed by atoms with Crippen molar-refractivity contribution in [3.05, 3.63) is 18.2 Å². The van der Waals surface area contributed by atoms with Crippen molar-refractivity contribution >= 4 is 22.6 Å². The molecule has 132 valence electrons. The summed E-state index contributed by atoms with van der Waals surface area (Å²) in [6, 6.07) is -0.238. The number of halogens is 1. The summed E-state index contributed by atoms with van der Waals surface area (Å²) in [5.74, 6) is 1.40. The van der Waals surface area contributed by atoms with Crippen molar-refractivity contribution < 1.29 is 8.42 Å². The van der Waals surface area contributed by atoms with Crippen molar-refractivity contribution in [1.29, 1.82) is 0 Å². The second-order valence-electron chi connectivity index (χ2n) is 6.32. The highest BCUT2D eigenvalue weighted by atomic mass is 35.5. The molecular weight excluding hydrogens is 338 g/mol. The standard InChI is InChI=1S/C14H25N5O2S.ClH/c1-12-3-7-18(8-4-12)22(20,21)19-10-5-15-11-13(19)14-16-6-9-17(14)2;/h6,9,12-13,15H,3-5,7-8,10-11H2,1-2H3;1H. The Hall–Kier alpha value is -0.670. The topological polar surface area (TPSA) is 70.5 Å². The SMILES string of the molecule is CC1CCN(S(=O)(=O)N2CCNCC2c2nccn2C)CC1.Cl. The predicted octanol–water partition coefficient (Wildman–Crippen LogP) is 0.765. The second kappa shape index (κ2) is 7.48. The van der Waals surface area contributed by atoms with E-state index in [2.05, 4.69) is 17.2 Å². The Morgan fingerprint density at radius 1 is 1.26 bits per heavy atom. The van der Waals surface area contributed by atoms with Gasteiger partial charge in [-0.3, -0.25) is 0 Å². The largest absolute Gasteiger partial charge is 0.337 e. The van der Waals surface area contributed by atoms with Crippen molar-refractivity contribution in [3.63, 3.8) is 0 Å². The number of aromatic nitrogens is 2. The monoisotopic (exact) mass is 363 g/mol. The summed E-state index contributed by atoms with van der Waals surface area (Å²) in [7, 11) is -1.52. The van der Waals surface area contributed by atoms with E-state index in [9.17, 15) is 8.42 Å². The summed E-state index contributed by atoms with van der Waals surface area (Å²) in [5.41, 5.74) is 0. The molecule has 0 amide bonds. The van der Waals surface area contributed by atoms with Gasteiger partial charge in [0, 0.05) is 52.2 Å². The molecule has 23 heavy (non-hydrogen) atoms. The number of hydrogen-bond acceptors (Lipinski definition) is 4.